The standard InChI is InChI=1S/C19H18N4O3/c24-18(11-23-12-22-16(7-19(23)25)14-3-4-14)21-9-13-6-15(10-20-8-13)17-2-1-5-26-17/h1-2,5-8,10,12,14H,3-4,9,11H2,(H,21,24). The molecule has 26 heavy (non-hydrogen) atoms. The SMILES string of the molecule is O=C(Cn1cnc(C2CC2)cc1=O)NCc1cncc(-c2ccco2)c1. The first-order valence-corrected chi connectivity index (χ1v) is 8.50. The van der Waals surface area contributed by atoms with E-state index in [1.54, 1.807) is 18.7 Å². The fourth-order valence-electron chi connectivity index (χ4n) is 2.73. The van der Waals surface area contributed by atoms with Crippen LogP contribution in [0.2, 0.25) is 0 Å². The predicted molar refractivity (Wildman–Crippen MR) is 94.3 cm³/mol. The molecule has 7 heteroatoms. The minimum Gasteiger partial charge on any atom is -0.464 e. The highest BCUT2D eigenvalue weighted by atomic mass is 16.3. The molecule has 0 saturated heterocycles. The molecule has 132 valence electrons. The first kappa shape index (κ1) is 16.3. The third-order valence-electron chi connectivity index (χ3n) is 4.30. The molecule has 1 saturated carbocycles. The van der Waals surface area contributed by atoms with Crippen LogP contribution in [0, 0.1) is 0 Å². The number of nitrogens with one attached hydrogen (secondary N) is 1. The van der Waals surface area contributed by atoms with E-state index in [1.165, 1.54) is 17.0 Å². The summed E-state index contributed by atoms with van der Waals surface area (Å²) in [6.45, 7) is 0.269. The zero-order chi connectivity index (χ0) is 17.9. The van der Waals surface area contributed by atoms with Gasteiger partial charge in [0.15, 0.2) is 0 Å². The molecule has 1 fully saturated rings. The maximum atomic E-state index is 12.1. The van der Waals surface area contributed by atoms with E-state index in [4.69, 9.17) is 4.42 Å². The van der Waals surface area contributed by atoms with Crippen LogP contribution in [0.1, 0.15) is 30.0 Å². The van der Waals surface area contributed by atoms with Gasteiger partial charge in [0, 0.05) is 36.5 Å². The zero-order valence-corrected chi connectivity index (χ0v) is 14.1. The van der Waals surface area contributed by atoms with Gasteiger partial charge in [-0.1, -0.05) is 0 Å². The van der Waals surface area contributed by atoms with Crippen molar-refractivity contribution in [1.29, 1.82) is 0 Å². The lowest BCUT2D eigenvalue weighted by atomic mass is 10.1. The van der Waals surface area contributed by atoms with Gasteiger partial charge in [0.2, 0.25) is 5.91 Å². The van der Waals surface area contributed by atoms with Crippen molar-refractivity contribution in [2.45, 2.75) is 31.8 Å². The third-order valence-corrected chi connectivity index (χ3v) is 4.30. The largest absolute Gasteiger partial charge is 0.464 e. The molecule has 0 aliphatic heterocycles. The van der Waals surface area contributed by atoms with Gasteiger partial charge in [-0.25, -0.2) is 4.98 Å². The Labute approximate surface area is 149 Å². The van der Waals surface area contributed by atoms with Crippen LogP contribution in [0.15, 0.2) is 58.5 Å². The predicted octanol–water partition coefficient (Wildman–Crippen LogP) is 2.09. The minimum absolute atomic E-state index is 0.0535. The van der Waals surface area contributed by atoms with Gasteiger partial charge >= 0.3 is 0 Å². The van der Waals surface area contributed by atoms with Gasteiger partial charge in [-0.15, -0.1) is 0 Å². The molecule has 1 amide bonds. The summed E-state index contributed by atoms with van der Waals surface area (Å²) < 4.78 is 6.67. The van der Waals surface area contributed by atoms with Crippen molar-refractivity contribution in [2.24, 2.45) is 0 Å². The Hall–Kier alpha value is -3.22. The average molecular weight is 350 g/mol. The lowest BCUT2D eigenvalue weighted by Crippen LogP contribution is -2.32. The number of amides is 1. The van der Waals surface area contributed by atoms with E-state index in [0.29, 0.717) is 12.5 Å². The lowest BCUT2D eigenvalue weighted by Gasteiger charge is -2.08. The number of furan rings is 1. The molecular formula is C19H18N4O3. The molecule has 0 spiro atoms. The number of hydrogen-bond acceptors (Lipinski definition) is 5. The summed E-state index contributed by atoms with van der Waals surface area (Å²) >= 11 is 0. The van der Waals surface area contributed by atoms with Gasteiger partial charge in [-0.3, -0.25) is 19.1 Å². The molecule has 1 N–H and O–H groups in total. The van der Waals surface area contributed by atoms with E-state index < -0.39 is 0 Å². The van der Waals surface area contributed by atoms with Gasteiger partial charge in [-0.2, -0.15) is 0 Å². The summed E-state index contributed by atoms with van der Waals surface area (Å²) in [6.07, 6.45) is 8.62. The molecule has 0 radical (unpaired) electrons. The molecule has 0 aromatic carbocycles. The van der Waals surface area contributed by atoms with Crippen molar-refractivity contribution in [3.8, 4) is 11.3 Å². The Morgan fingerprint density at radius 1 is 1.31 bits per heavy atom. The van der Waals surface area contributed by atoms with E-state index in [1.807, 2.05) is 18.2 Å². The second-order valence-electron chi connectivity index (χ2n) is 6.39. The number of aromatic nitrogens is 3. The summed E-state index contributed by atoms with van der Waals surface area (Å²) in [5, 5.41) is 2.80. The second kappa shape index (κ2) is 6.95. The van der Waals surface area contributed by atoms with Gasteiger partial charge in [0.25, 0.3) is 5.56 Å². The molecule has 7 nitrogen and oxygen atoms in total. The van der Waals surface area contributed by atoms with Crippen molar-refractivity contribution in [3.05, 3.63) is 70.9 Å². The molecule has 4 rings (SSSR count). The number of pyridine rings is 1. The van der Waals surface area contributed by atoms with E-state index in [9.17, 15) is 9.59 Å². The molecule has 0 atom stereocenters. The van der Waals surface area contributed by atoms with Crippen LogP contribution in [0.5, 0.6) is 0 Å². The number of rotatable bonds is 6. The van der Waals surface area contributed by atoms with Crippen LogP contribution < -0.4 is 10.9 Å². The van der Waals surface area contributed by atoms with Crippen LogP contribution in [0.25, 0.3) is 11.3 Å². The van der Waals surface area contributed by atoms with Gasteiger partial charge in [0.1, 0.15) is 12.3 Å². The number of carbonyl (C=O) groups excluding carboxylic acids is 1. The molecule has 1 aliphatic rings. The van der Waals surface area contributed by atoms with Gasteiger partial charge in [0.05, 0.1) is 18.3 Å². The second-order valence-corrected chi connectivity index (χ2v) is 6.39. The van der Waals surface area contributed by atoms with Crippen molar-refractivity contribution in [2.75, 3.05) is 0 Å². The maximum Gasteiger partial charge on any atom is 0.254 e. The highest BCUT2D eigenvalue weighted by molar-refractivity contribution is 5.75. The smallest absolute Gasteiger partial charge is 0.254 e. The maximum absolute atomic E-state index is 12.1. The zero-order valence-electron chi connectivity index (χ0n) is 14.1. The van der Waals surface area contributed by atoms with Crippen LogP contribution in [-0.2, 0) is 17.9 Å². The molecule has 3 heterocycles. The Bertz CT molecular complexity index is 974. The summed E-state index contributed by atoms with van der Waals surface area (Å²) in [5.74, 6) is 0.885. The van der Waals surface area contributed by atoms with Crippen molar-refractivity contribution in [1.82, 2.24) is 19.9 Å². The fraction of sp³-hybridized carbons (Fsp3) is 0.263. The fourth-order valence-corrected chi connectivity index (χ4v) is 2.73. The Balaban J connectivity index is 1.37. The minimum atomic E-state index is -0.253. The Morgan fingerprint density at radius 3 is 2.92 bits per heavy atom. The quantitative estimate of drug-likeness (QED) is 0.735. The molecule has 3 aromatic heterocycles. The van der Waals surface area contributed by atoms with Gasteiger partial charge in [-0.05, 0) is 36.6 Å². The van der Waals surface area contributed by atoms with Crippen molar-refractivity contribution >= 4 is 5.91 Å². The molecule has 0 unspecified atom stereocenters. The van der Waals surface area contributed by atoms with Crippen LogP contribution in [0.3, 0.4) is 0 Å². The highest BCUT2D eigenvalue weighted by Crippen LogP contribution is 2.38. The highest BCUT2D eigenvalue weighted by Gasteiger charge is 2.25. The summed E-state index contributed by atoms with van der Waals surface area (Å²) in [6, 6.07) is 7.10. The van der Waals surface area contributed by atoms with E-state index in [0.717, 1.165) is 35.4 Å². The van der Waals surface area contributed by atoms with Crippen LogP contribution in [0.4, 0.5) is 0 Å². The average Bonchev–Trinajstić information content (AvgIpc) is 3.36. The molecule has 1 aliphatic carbocycles. The lowest BCUT2D eigenvalue weighted by molar-refractivity contribution is -0.121. The van der Waals surface area contributed by atoms with Crippen LogP contribution in [-0.4, -0.2) is 20.4 Å². The van der Waals surface area contributed by atoms with Crippen molar-refractivity contribution < 1.29 is 9.21 Å². The van der Waals surface area contributed by atoms with E-state index in [-0.39, 0.29) is 18.0 Å². The van der Waals surface area contributed by atoms with Crippen LogP contribution >= 0.6 is 0 Å². The van der Waals surface area contributed by atoms with Crippen molar-refractivity contribution in [3.63, 3.8) is 0 Å². The number of nitrogens with zero attached hydrogens (tertiary/aromatic N) is 3. The summed E-state index contributed by atoms with van der Waals surface area (Å²) in [4.78, 5) is 32.7. The molecule has 3 aromatic rings. The topological polar surface area (TPSA) is 90.0 Å². The first-order valence-electron chi connectivity index (χ1n) is 8.50. The van der Waals surface area contributed by atoms with E-state index >= 15 is 0 Å². The number of hydrogen-bond donors (Lipinski definition) is 1. The monoisotopic (exact) mass is 350 g/mol. The Morgan fingerprint density at radius 2 is 2.19 bits per heavy atom. The number of carbonyl (C=O) groups is 1. The summed E-state index contributed by atoms with van der Waals surface area (Å²) in [5.41, 5.74) is 2.32. The molecular weight excluding hydrogens is 332 g/mol. The third kappa shape index (κ3) is 3.72. The summed E-state index contributed by atoms with van der Waals surface area (Å²) in [7, 11) is 0. The molecule has 0 bridgehead atoms. The van der Waals surface area contributed by atoms with Gasteiger partial charge < -0.3 is 9.73 Å². The Kier molecular flexibility index (Phi) is 4.35. The van der Waals surface area contributed by atoms with E-state index in [2.05, 4.69) is 15.3 Å². The first-order chi connectivity index (χ1) is 12.7. The normalized spacial score (nSPS) is 13.5.